The molecule has 0 aliphatic carbocycles. The summed E-state index contributed by atoms with van der Waals surface area (Å²) in [4.78, 5) is 2.02. The molecule has 1 saturated heterocycles. The summed E-state index contributed by atoms with van der Waals surface area (Å²) in [5.41, 5.74) is -0.306. The minimum Gasteiger partial charge on any atom is -0.387 e. The third-order valence-corrected chi connectivity index (χ3v) is 3.39. The fourth-order valence-corrected chi connectivity index (χ4v) is 2.84. The van der Waals surface area contributed by atoms with Crippen LogP contribution >= 0.6 is 0 Å². The van der Waals surface area contributed by atoms with E-state index in [9.17, 15) is 13.9 Å². The lowest BCUT2D eigenvalue weighted by molar-refractivity contribution is -0.134. The molecule has 112 valence electrons. The minimum atomic E-state index is -1.05. The third-order valence-electron chi connectivity index (χ3n) is 3.39. The Bertz CT molecular complexity index is 479. The summed E-state index contributed by atoms with van der Waals surface area (Å²) >= 11 is 0. The number of rotatable bonds is 3. The van der Waals surface area contributed by atoms with E-state index >= 15 is 0 Å². The molecule has 1 heterocycles. The molecule has 1 fully saturated rings. The average Bonchev–Trinajstić information content (AvgIpc) is 2.29. The van der Waals surface area contributed by atoms with Crippen LogP contribution in [0.15, 0.2) is 18.2 Å². The van der Waals surface area contributed by atoms with Crippen LogP contribution in [0.4, 0.5) is 8.78 Å². The van der Waals surface area contributed by atoms with Crippen molar-refractivity contribution in [3.63, 3.8) is 0 Å². The summed E-state index contributed by atoms with van der Waals surface area (Å²) in [5.74, 6) is -1.13. The Hall–Kier alpha value is -1.04. The molecule has 20 heavy (non-hydrogen) atoms. The second-order valence-corrected chi connectivity index (χ2v) is 6.06. The van der Waals surface area contributed by atoms with Crippen molar-refractivity contribution in [3.05, 3.63) is 35.4 Å². The largest absolute Gasteiger partial charge is 0.387 e. The fraction of sp³-hybridized carbons (Fsp3) is 0.600. The highest BCUT2D eigenvalue weighted by Gasteiger charge is 2.32. The van der Waals surface area contributed by atoms with Gasteiger partial charge in [0.1, 0.15) is 11.6 Å². The number of aliphatic hydroxyl groups excluding tert-OH is 1. The van der Waals surface area contributed by atoms with E-state index in [1.54, 1.807) is 0 Å². The topological polar surface area (TPSA) is 32.7 Å². The Labute approximate surface area is 118 Å². The van der Waals surface area contributed by atoms with Gasteiger partial charge >= 0.3 is 0 Å². The van der Waals surface area contributed by atoms with Gasteiger partial charge in [0.05, 0.1) is 17.8 Å². The van der Waals surface area contributed by atoms with E-state index in [2.05, 4.69) is 0 Å². The predicted molar refractivity (Wildman–Crippen MR) is 72.4 cm³/mol. The molecule has 1 aromatic carbocycles. The highest BCUT2D eigenvalue weighted by Crippen LogP contribution is 2.24. The first kappa shape index (κ1) is 15.4. The van der Waals surface area contributed by atoms with E-state index in [0.29, 0.717) is 13.1 Å². The zero-order valence-electron chi connectivity index (χ0n) is 12.1. The van der Waals surface area contributed by atoms with Crippen molar-refractivity contribution in [2.24, 2.45) is 0 Å². The molecule has 0 amide bonds. The Kier molecular flexibility index (Phi) is 4.42. The van der Waals surface area contributed by atoms with Crippen LogP contribution in [0.25, 0.3) is 0 Å². The van der Waals surface area contributed by atoms with Crippen LogP contribution in [0.5, 0.6) is 0 Å². The van der Waals surface area contributed by atoms with E-state index in [1.165, 1.54) is 0 Å². The van der Waals surface area contributed by atoms with E-state index in [0.717, 1.165) is 18.2 Å². The summed E-state index contributed by atoms with van der Waals surface area (Å²) in [5, 5.41) is 10.1. The Balaban J connectivity index is 2.07. The summed E-state index contributed by atoms with van der Waals surface area (Å²) < 4.78 is 32.6. The van der Waals surface area contributed by atoms with Crippen molar-refractivity contribution in [1.82, 2.24) is 4.90 Å². The molecule has 2 rings (SSSR count). The molecule has 2 atom stereocenters. The molecule has 1 aromatic rings. The maximum absolute atomic E-state index is 13.6. The standard InChI is InChI=1S/C15H21F2NO2/c1-10-7-18(9-15(2,3)20-10)8-14(19)12-6-11(16)4-5-13(12)17/h4-6,10,14,19H,7-9H2,1-3H3/t10-,14-/m0/s1. The Morgan fingerprint density at radius 1 is 1.45 bits per heavy atom. The van der Waals surface area contributed by atoms with E-state index in [-0.39, 0.29) is 23.8 Å². The van der Waals surface area contributed by atoms with Crippen LogP contribution in [0.3, 0.4) is 0 Å². The van der Waals surface area contributed by atoms with Crippen LogP contribution in [0, 0.1) is 11.6 Å². The van der Waals surface area contributed by atoms with Gasteiger partial charge in [-0.25, -0.2) is 8.78 Å². The summed E-state index contributed by atoms with van der Waals surface area (Å²) in [6, 6.07) is 3.14. The number of halogens is 2. The highest BCUT2D eigenvalue weighted by atomic mass is 19.1. The molecule has 0 saturated carbocycles. The summed E-state index contributed by atoms with van der Waals surface area (Å²) in [7, 11) is 0. The first-order chi connectivity index (χ1) is 9.27. The normalized spacial score (nSPS) is 24.6. The van der Waals surface area contributed by atoms with Crippen molar-refractivity contribution in [1.29, 1.82) is 0 Å². The minimum absolute atomic E-state index is 0.00181. The van der Waals surface area contributed by atoms with Crippen molar-refractivity contribution in [2.75, 3.05) is 19.6 Å². The molecule has 0 bridgehead atoms. The maximum Gasteiger partial charge on any atom is 0.129 e. The number of nitrogens with zero attached hydrogens (tertiary/aromatic N) is 1. The molecular formula is C15H21F2NO2. The van der Waals surface area contributed by atoms with Crippen molar-refractivity contribution in [3.8, 4) is 0 Å². The van der Waals surface area contributed by atoms with Gasteiger partial charge in [0.15, 0.2) is 0 Å². The second kappa shape index (κ2) is 5.76. The molecule has 3 nitrogen and oxygen atoms in total. The fourth-order valence-electron chi connectivity index (χ4n) is 2.84. The van der Waals surface area contributed by atoms with Gasteiger partial charge in [-0.15, -0.1) is 0 Å². The van der Waals surface area contributed by atoms with Gasteiger partial charge in [-0.2, -0.15) is 0 Å². The maximum atomic E-state index is 13.6. The van der Waals surface area contributed by atoms with Crippen LogP contribution in [0.2, 0.25) is 0 Å². The monoisotopic (exact) mass is 285 g/mol. The number of aliphatic hydroxyl groups is 1. The second-order valence-electron chi connectivity index (χ2n) is 6.06. The molecule has 0 unspecified atom stereocenters. The number of morpholine rings is 1. The molecule has 5 heteroatoms. The molecule has 1 aliphatic heterocycles. The molecule has 0 radical (unpaired) electrons. The van der Waals surface area contributed by atoms with Crippen LogP contribution in [0.1, 0.15) is 32.4 Å². The van der Waals surface area contributed by atoms with E-state index < -0.39 is 17.7 Å². The lowest BCUT2D eigenvalue weighted by Crippen LogP contribution is -2.52. The smallest absolute Gasteiger partial charge is 0.129 e. The molecule has 1 N–H and O–H groups in total. The highest BCUT2D eigenvalue weighted by molar-refractivity contribution is 5.21. The summed E-state index contributed by atoms with van der Waals surface area (Å²) in [6.45, 7) is 7.49. The number of hydrogen-bond donors (Lipinski definition) is 1. The zero-order valence-corrected chi connectivity index (χ0v) is 12.1. The quantitative estimate of drug-likeness (QED) is 0.926. The van der Waals surface area contributed by atoms with Crippen LogP contribution in [-0.4, -0.2) is 41.3 Å². The molecular weight excluding hydrogens is 264 g/mol. The van der Waals surface area contributed by atoms with Crippen molar-refractivity contribution in [2.45, 2.75) is 38.6 Å². The van der Waals surface area contributed by atoms with Crippen molar-refractivity contribution >= 4 is 0 Å². The van der Waals surface area contributed by atoms with Crippen molar-refractivity contribution < 1.29 is 18.6 Å². The number of ether oxygens (including phenoxy) is 1. The van der Waals surface area contributed by atoms with Gasteiger partial charge in [0.2, 0.25) is 0 Å². The van der Waals surface area contributed by atoms with Crippen LogP contribution < -0.4 is 0 Å². The number of β-amino-alcohol motifs (C(OH)–C–C–N with tert-alkyl or cyclic N) is 1. The molecule has 0 spiro atoms. The van der Waals surface area contributed by atoms with Gasteiger partial charge in [-0.1, -0.05) is 0 Å². The van der Waals surface area contributed by atoms with Gasteiger partial charge in [-0.05, 0) is 39.0 Å². The predicted octanol–water partition coefficient (Wildman–Crippen LogP) is 2.50. The van der Waals surface area contributed by atoms with Gasteiger partial charge in [0.25, 0.3) is 0 Å². The lowest BCUT2D eigenvalue weighted by atomic mass is 10.0. The third kappa shape index (κ3) is 3.75. The lowest BCUT2D eigenvalue weighted by Gasteiger charge is -2.42. The Morgan fingerprint density at radius 3 is 2.80 bits per heavy atom. The average molecular weight is 285 g/mol. The van der Waals surface area contributed by atoms with Gasteiger partial charge in [0, 0.05) is 25.2 Å². The van der Waals surface area contributed by atoms with Gasteiger partial charge < -0.3 is 9.84 Å². The Morgan fingerprint density at radius 2 is 2.15 bits per heavy atom. The van der Waals surface area contributed by atoms with Gasteiger partial charge in [-0.3, -0.25) is 4.90 Å². The van der Waals surface area contributed by atoms with Crippen LogP contribution in [-0.2, 0) is 4.74 Å². The zero-order chi connectivity index (χ0) is 14.9. The number of hydrogen-bond acceptors (Lipinski definition) is 3. The molecule has 0 aromatic heterocycles. The first-order valence-electron chi connectivity index (χ1n) is 6.80. The molecule has 1 aliphatic rings. The van der Waals surface area contributed by atoms with E-state index in [4.69, 9.17) is 4.74 Å². The SMILES string of the molecule is C[C@H]1CN(C[C@H](O)c2cc(F)ccc2F)CC(C)(C)O1. The van der Waals surface area contributed by atoms with E-state index in [1.807, 2.05) is 25.7 Å². The number of benzene rings is 1. The first-order valence-corrected chi connectivity index (χ1v) is 6.80. The summed E-state index contributed by atoms with van der Waals surface area (Å²) in [6.07, 6.45) is -1.00.